The molecule has 1 aromatic carbocycles. The van der Waals surface area contributed by atoms with Crippen molar-refractivity contribution in [2.24, 2.45) is 12.8 Å². The summed E-state index contributed by atoms with van der Waals surface area (Å²) in [6.07, 6.45) is 4.07. The molecule has 0 aliphatic carbocycles. The lowest BCUT2D eigenvalue weighted by Gasteiger charge is -2.13. The fourth-order valence-corrected chi connectivity index (χ4v) is 2.04. The van der Waals surface area contributed by atoms with Crippen molar-refractivity contribution in [3.05, 3.63) is 52.3 Å². The van der Waals surface area contributed by atoms with E-state index < -0.39 is 0 Å². The second-order valence-corrected chi connectivity index (χ2v) is 4.85. The van der Waals surface area contributed by atoms with Crippen LogP contribution in [0.5, 0.6) is 0 Å². The lowest BCUT2D eigenvalue weighted by Crippen LogP contribution is -2.17. The number of halogens is 2. The third-order valence-electron chi connectivity index (χ3n) is 2.69. The summed E-state index contributed by atoms with van der Waals surface area (Å²) in [5.41, 5.74) is 6.51. The van der Waals surface area contributed by atoms with E-state index in [-0.39, 0.29) is 11.9 Å². The smallest absolute Gasteiger partial charge is 0.129 e. The van der Waals surface area contributed by atoms with Crippen LogP contribution < -0.4 is 5.73 Å². The number of hydrogen-bond donors (Lipinski definition) is 1. The van der Waals surface area contributed by atoms with Gasteiger partial charge in [0.2, 0.25) is 0 Å². The van der Waals surface area contributed by atoms with E-state index in [9.17, 15) is 4.39 Å². The summed E-state index contributed by atoms with van der Waals surface area (Å²) in [6.45, 7) is 0. The predicted molar refractivity (Wildman–Crippen MR) is 67.9 cm³/mol. The van der Waals surface area contributed by atoms with Gasteiger partial charge in [0.15, 0.2) is 0 Å². The summed E-state index contributed by atoms with van der Waals surface area (Å²) in [6, 6.07) is 4.53. The molecule has 1 unspecified atom stereocenters. The highest BCUT2D eigenvalue weighted by Gasteiger charge is 2.14. The summed E-state index contributed by atoms with van der Waals surface area (Å²) in [5.74, 6) is 0.556. The molecule has 0 saturated carbocycles. The minimum Gasteiger partial charge on any atom is -0.338 e. The first-order chi connectivity index (χ1) is 8.08. The molecule has 5 heteroatoms. The van der Waals surface area contributed by atoms with Gasteiger partial charge in [-0.3, -0.25) is 0 Å². The van der Waals surface area contributed by atoms with Gasteiger partial charge in [-0.1, -0.05) is 22.0 Å². The molecule has 1 heterocycles. The molecule has 0 bridgehead atoms. The lowest BCUT2D eigenvalue weighted by molar-refractivity contribution is 0.569. The van der Waals surface area contributed by atoms with Crippen molar-refractivity contribution in [2.45, 2.75) is 12.5 Å². The minimum atomic E-state index is -0.385. The Labute approximate surface area is 108 Å². The number of nitrogens with zero attached hydrogens (tertiary/aromatic N) is 2. The highest BCUT2D eigenvalue weighted by Crippen LogP contribution is 2.21. The zero-order chi connectivity index (χ0) is 12.4. The van der Waals surface area contributed by atoms with E-state index in [1.165, 1.54) is 6.07 Å². The highest BCUT2D eigenvalue weighted by molar-refractivity contribution is 9.10. The van der Waals surface area contributed by atoms with Gasteiger partial charge in [-0.25, -0.2) is 9.37 Å². The molecular formula is C12H13BrFN3. The summed E-state index contributed by atoms with van der Waals surface area (Å²) < 4.78 is 16.3. The Morgan fingerprint density at radius 2 is 2.29 bits per heavy atom. The summed E-state index contributed by atoms with van der Waals surface area (Å²) >= 11 is 3.22. The SMILES string of the molecule is Cn1ccnc1CC(N)c1ccc(Br)cc1F. The molecule has 0 spiro atoms. The lowest BCUT2D eigenvalue weighted by atomic mass is 10.0. The number of benzene rings is 1. The van der Waals surface area contributed by atoms with Crippen molar-refractivity contribution in [1.82, 2.24) is 9.55 Å². The third-order valence-corrected chi connectivity index (χ3v) is 3.18. The van der Waals surface area contributed by atoms with E-state index >= 15 is 0 Å². The Morgan fingerprint density at radius 3 is 2.88 bits per heavy atom. The van der Waals surface area contributed by atoms with Gasteiger partial charge in [-0.05, 0) is 12.1 Å². The van der Waals surface area contributed by atoms with E-state index in [2.05, 4.69) is 20.9 Å². The van der Waals surface area contributed by atoms with E-state index in [1.807, 2.05) is 17.8 Å². The first-order valence-corrected chi connectivity index (χ1v) is 6.04. The van der Waals surface area contributed by atoms with Crippen molar-refractivity contribution in [1.29, 1.82) is 0 Å². The van der Waals surface area contributed by atoms with Crippen LogP contribution in [-0.4, -0.2) is 9.55 Å². The maximum atomic E-state index is 13.7. The molecule has 0 aliphatic rings. The molecule has 3 nitrogen and oxygen atoms in total. The van der Waals surface area contributed by atoms with E-state index in [4.69, 9.17) is 5.73 Å². The van der Waals surface area contributed by atoms with Gasteiger partial charge in [0.25, 0.3) is 0 Å². The molecule has 2 aromatic rings. The first kappa shape index (κ1) is 12.3. The number of aryl methyl sites for hydroxylation is 1. The van der Waals surface area contributed by atoms with Gasteiger partial charge in [0.1, 0.15) is 11.6 Å². The maximum absolute atomic E-state index is 13.7. The van der Waals surface area contributed by atoms with Crippen molar-refractivity contribution in [3.8, 4) is 0 Å². The first-order valence-electron chi connectivity index (χ1n) is 5.24. The van der Waals surface area contributed by atoms with Crippen LogP contribution >= 0.6 is 15.9 Å². The molecule has 0 saturated heterocycles. The van der Waals surface area contributed by atoms with Crippen LogP contribution in [0.25, 0.3) is 0 Å². The Balaban J connectivity index is 2.20. The van der Waals surface area contributed by atoms with Gasteiger partial charge in [-0.2, -0.15) is 0 Å². The molecule has 2 N–H and O–H groups in total. The standard InChI is InChI=1S/C12H13BrFN3/c1-17-5-4-16-12(17)7-11(15)9-3-2-8(13)6-10(9)14/h2-6,11H,7,15H2,1H3. The molecule has 1 atom stereocenters. The number of imidazole rings is 1. The number of aromatic nitrogens is 2. The Kier molecular flexibility index (Phi) is 3.59. The van der Waals surface area contributed by atoms with Crippen LogP contribution in [0.4, 0.5) is 4.39 Å². The molecule has 1 aromatic heterocycles. The highest BCUT2D eigenvalue weighted by atomic mass is 79.9. The zero-order valence-electron chi connectivity index (χ0n) is 9.40. The van der Waals surface area contributed by atoms with E-state index in [0.29, 0.717) is 16.5 Å². The van der Waals surface area contributed by atoms with Crippen LogP contribution in [-0.2, 0) is 13.5 Å². The Morgan fingerprint density at radius 1 is 1.53 bits per heavy atom. The molecule has 0 fully saturated rings. The van der Waals surface area contributed by atoms with Crippen molar-refractivity contribution in [2.75, 3.05) is 0 Å². The summed E-state index contributed by atoms with van der Waals surface area (Å²) in [4.78, 5) is 4.18. The Bertz CT molecular complexity index is 524. The minimum absolute atomic E-state index is 0.291. The quantitative estimate of drug-likeness (QED) is 0.946. The monoisotopic (exact) mass is 297 g/mol. The molecule has 90 valence electrons. The van der Waals surface area contributed by atoms with Crippen LogP contribution in [0.3, 0.4) is 0 Å². The maximum Gasteiger partial charge on any atom is 0.129 e. The van der Waals surface area contributed by atoms with E-state index in [1.54, 1.807) is 18.3 Å². The van der Waals surface area contributed by atoms with Crippen molar-refractivity contribution in [3.63, 3.8) is 0 Å². The molecule has 2 rings (SSSR count). The fraction of sp³-hybridized carbons (Fsp3) is 0.250. The molecule has 0 radical (unpaired) electrons. The van der Waals surface area contributed by atoms with Crippen LogP contribution in [0.15, 0.2) is 35.1 Å². The fourth-order valence-electron chi connectivity index (χ4n) is 1.70. The molecule has 0 amide bonds. The Hall–Kier alpha value is -1.20. The van der Waals surface area contributed by atoms with Crippen LogP contribution in [0, 0.1) is 5.82 Å². The van der Waals surface area contributed by atoms with Crippen LogP contribution in [0.1, 0.15) is 17.4 Å². The van der Waals surface area contributed by atoms with Crippen molar-refractivity contribution < 1.29 is 4.39 Å². The van der Waals surface area contributed by atoms with Crippen molar-refractivity contribution >= 4 is 15.9 Å². The normalized spacial score (nSPS) is 12.7. The van der Waals surface area contributed by atoms with Crippen LogP contribution in [0.2, 0.25) is 0 Å². The summed E-state index contributed by atoms with van der Waals surface area (Å²) in [5, 5.41) is 0. The second-order valence-electron chi connectivity index (χ2n) is 3.93. The van der Waals surface area contributed by atoms with E-state index in [0.717, 1.165) is 5.82 Å². The average Bonchev–Trinajstić information content (AvgIpc) is 2.64. The topological polar surface area (TPSA) is 43.8 Å². The number of rotatable bonds is 3. The molecule has 0 aliphatic heterocycles. The molecule has 17 heavy (non-hydrogen) atoms. The number of nitrogens with two attached hydrogens (primary N) is 1. The molecular weight excluding hydrogens is 285 g/mol. The zero-order valence-corrected chi connectivity index (χ0v) is 11.0. The van der Waals surface area contributed by atoms with Gasteiger partial charge < -0.3 is 10.3 Å². The van der Waals surface area contributed by atoms with Gasteiger partial charge in [-0.15, -0.1) is 0 Å². The summed E-state index contributed by atoms with van der Waals surface area (Å²) in [7, 11) is 1.90. The predicted octanol–water partition coefficient (Wildman–Crippen LogP) is 2.56. The third kappa shape index (κ3) is 2.73. The second kappa shape index (κ2) is 4.98. The number of hydrogen-bond acceptors (Lipinski definition) is 2. The van der Waals surface area contributed by atoms with Gasteiger partial charge in [0.05, 0.1) is 0 Å². The van der Waals surface area contributed by atoms with Gasteiger partial charge >= 0.3 is 0 Å². The van der Waals surface area contributed by atoms with Gasteiger partial charge in [0, 0.05) is 41.9 Å². The largest absolute Gasteiger partial charge is 0.338 e. The average molecular weight is 298 g/mol.